The number of nitrogens with one attached hydrogen (secondary N) is 1. The van der Waals surface area contributed by atoms with Crippen LogP contribution in [0.2, 0.25) is 0 Å². The number of hydrogen-bond acceptors (Lipinski definition) is 3. The van der Waals surface area contributed by atoms with E-state index in [-0.39, 0.29) is 12.4 Å². The zero-order valence-electron chi connectivity index (χ0n) is 8.30. The first-order chi connectivity index (χ1) is 6.72. The van der Waals surface area contributed by atoms with Gasteiger partial charge in [0, 0.05) is 12.1 Å². The number of hydrogen-bond donors (Lipinski definition) is 2. The van der Waals surface area contributed by atoms with E-state index in [1.165, 1.54) is 13.2 Å². The molecule has 2 N–H and O–H groups in total. The van der Waals surface area contributed by atoms with Gasteiger partial charge in [-0.3, -0.25) is 0 Å². The van der Waals surface area contributed by atoms with Crippen LogP contribution in [0.1, 0.15) is 18.1 Å². The number of rotatable bonds is 4. The highest BCUT2D eigenvalue weighted by molar-refractivity contribution is 5.38. The molecule has 0 spiro atoms. The summed E-state index contributed by atoms with van der Waals surface area (Å²) < 4.78 is 18.5. The number of ether oxygens (including phenoxy) is 1. The Hall–Kier alpha value is -1.13. The van der Waals surface area contributed by atoms with E-state index >= 15 is 0 Å². The SMILES string of the molecule is CCc1c(F)cc(CNO)cc1OC. The van der Waals surface area contributed by atoms with Crippen LogP contribution in [0.4, 0.5) is 4.39 Å². The monoisotopic (exact) mass is 199 g/mol. The lowest BCUT2D eigenvalue weighted by Crippen LogP contribution is -2.07. The van der Waals surface area contributed by atoms with Gasteiger partial charge in [0.1, 0.15) is 11.6 Å². The molecule has 0 heterocycles. The molecule has 0 aliphatic carbocycles. The first-order valence-corrected chi connectivity index (χ1v) is 4.45. The zero-order chi connectivity index (χ0) is 10.6. The fraction of sp³-hybridized carbons (Fsp3) is 0.400. The van der Waals surface area contributed by atoms with Crippen molar-refractivity contribution in [2.24, 2.45) is 0 Å². The van der Waals surface area contributed by atoms with Crippen molar-refractivity contribution >= 4 is 0 Å². The Morgan fingerprint density at radius 2 is 2.21 bits per heavy atom. The summed E-state index contributed by atoms with van der Waals surface area (Å²) in [6.07, 6.45) is 0.585. The number of benzene rings is 1. The molecule has 1 aromatic rings. The van der Waals surface area contributed by atoms with E-state index in [0.29, 0.717) is 23.3 Å². The molecule has 4 heteroatoms. The Morgan fingerprint density at radius 3 is 2.71 bits per heavy atom. The molecule has 0 aromatic heterocycles. The Kier molecular flexibility index (Phi) is 3.85. The normalized spacial score (nSPS) is 10.3. The molecule has 0 amide bonds. The molecule has 78 valence electrons. The highest BCUT2D eigenvalue weighted by Gasteiger charge is 2.09. The molecule has 0 aliphatic rings. The van der Waals surface area contributed by atoms with E-state index in [1.807, 2.05) is 12.4 Å². The molecule has 0 saturated carbocycles. The minimum atomic E-state index is -0.294. The first kappa shape index (κ1) is 10.9. The molecule has 3 nitrogen and oxygen atoms in total. The number of hydroxylamine groups is 1. The van der Waals surface area contributed by atoms with Gasteiger partial charge in [0.05, 0.1) is 7.11 Å². The maximum Gasteiger partial charge on any atom is 0.130 e. The molecule has 14 heavy (non-hydrogen) atoms. The maximum absolute atomic E-state index is 13.4. The second-order valence-corrected chi connectivity index (χ2v) is 2.95. The summed E-state index contributed by atoms with van der Waals surface area (Å²) in [6, 6.07) is 3.11. The van der Waals surface area contributed by atoms with E-state index in [9.17, 15) is 4.39 Å². The van der Waals surface area contributed by atoms with Crippen LogP contribution >= 0.6 is 0 Å². The third-order valence-electron chi connectivity index (χ3n) is 2.07. The molecule has 0 fully saturated rings. The van der Waals surface area contributed by atoms with Crippen molar-refractivity contribution in [3.05, 3.63) is 29.1 Å². The minimum Gasteiger partial charge on any atom is -0.496 e. The van der Waals surface area contributed by atoms with Gasteiger partial charge in [0.25, 0.3) is 0 Å². The van der Waals surface area contributed by atoms with Gasteiger partial charge in [-0.2, -0.15) is 0 Å². The van der Waals surface area contributed by atoms with E-state index in [4.69, 9.17) is 9.94 Å². The first-order valence-electron chi connectivity index (χ1n) is 4.45. The Morgan fingerprint density at radius 1 is 1.50 bits per heavy atom. The molecule has 0 saturated heterocycles. The van der Waals surface area contributed by atoms with Crippen molar-refractivity contribution in [1.82, 2.24) is 5.48 Å². The summed E-state index contributed by atoms with van der Waals surface area (Å²) in [5, 5.41) is 8.49. The third kappa shape index (κ3) is 2.21. The van der Waals surface area contributed by atoms with Gasteiger partial charge in [0.15, 0.2) is 0 Å². The predicted molar refractivity (Wildman–Crippen MR) is 51.0 cm³/mol. The molecular weight excluding hydrogens is 185 g/mol. The van der Waals surface area contributed by atoms with Crippen molar-refractivity contribution in [3.63, 3.8) is 0 Å². The highest BCUT2D eigenvalue weighted by atomic mass is 19.1. The van der Waals surface area contributed by atoms with E-state index < -0.39 is 0 Å². The van der Waals surface area contributed by atoms with Gasteiger partial charge >= 0.3 is 0 Å². The standard InChI is InChI=1S/C10H14FNO2/c1-3-8-9(11)4-7(6-12-13)5-10(8)14-2/h4-5,12-13H,3,6H2,1-2H3. The Balaban J connectivity index is 3.10. The largest absolute Gasteiger partial charge is 0.496 e. The fourth-order valence-corrected chi connectivity index (χ4v) is 1.38. The topological polar surface area (TPSA) is 41.5 Å². The average molecular weight is 199 g/mol. The molecule has 0 unspecified atom stereocenters. The van der Waals surface area contributed by atoms with Gasteiger partial charge in [-0.25, -0.2) is 9.87 Å². The van der Waals surface area contributed by atoms with Crippen LogP contribution in [0.25, 0.3) is 0 Å². The molecular formula is C10H14FNO2. The summed E-state index contributed by atoms with van der Waals surface area (Å²) in [5.74, 6) is 0.231. The molecule has 0 aliphatic heterocycles. The van der Waals surface area contributed by atoms with Gasteiger partial charge < -0.3 is 9.94 Å². The Bertz CT molecular complexity index is 315. The molecule has 1 rings (SSSR count). The van der Waals surface area contributed by atoms with E-state index in [0.717, 1.165) is 0 Å². The summed E-state index contributed by atoms with van der Waals surface area (Å²) in [6.45, 7) is 2.07. The quantitative estimate of drug-likeness (QED) is 0.727. The van der Waals surface area contributed by atoms with Crippen LogP contribution in [-0.4, -0.2) is 12.3 Å². The fourth-order valence-electron chi connectivity index (χ4n) is 1.38. The van der Waals surface area contributed by atoms with Gasteiger partial charge in [0.2, 0.25) is 0 Å². The van der Waals surface area contributed by atoms with Crippen molar-refractivity contribution in [2.75, 3.05) is 7.11 Å². The number of methoxy groups -OCH3 is 1. The smallest absolute Gasteiger partial charge is 0.130 e. The second-order valence-electron chi connectivity index (χ2n) is 2.95. The van der Waals surface area contributed by atoms with E-state index in [1.54, 1.807) is 6.07 Å². The van der Waals surface area contributed by atoms with Crippen LogP contribution in [0.15, 0.2) is 12.1 Å². The van der Waals surface area contributed by atoms with Crippen LogP contribution in [0.5, 0.6) is 5.75 Å². The van der Waals surface area contributed by atoms with Crippen molar-refractivity contribution in [1.29, 1.82) is 0 Å². The van der Waals surface area contributed by atoms with E-state index in [2.05, 4.69) is 0 Å². The van der Waals surface area contributed by atoms with Crippen LogP contribution in [0, 0.1) is 5.82 Å². The van der Waals surface area contributed by atoms with Gasteiger partial charge in [-0.05, 0) is 24.1 Å². The van der Waals surface area contributed by atoms with Gasteiger partial charge in [-0.15, -0.1) is 0 Å². The lowest BCUT2D eigenvalue weighted by Gasteiger charge is -2.10. The maximum atomic E-state index is 13.4. The molecule has 0 radical (unpaired) electrons. The lowest BCUT2D eigenvalue weighted by molar-refractivity contribution is 0.161. The molecule has 1 aromatic carbocycles. The summed E-state index contributed by atoms with van der Waals surface area (Å²) >= 11 is 0. The molecule has 0 bridgehead atoms. The summed E-state index contributed by atoms with van der Waals surface area (Å²) in [7, 11) is 1.50. The Labute approximate surface area is 82.5 Å². The average Bonchev–Trinajstić information content (AvgIpc) is 2.17. The van der Waals surface area contributed by atoms with Crippen LogP contribution < -0.4 is 10.2 Å². The third-order valence-corrected chi connectivity index (χ3v) is 2.07. The summed E-state index contributed by atoms with van der Waals surface area (Å²) in [5.41, 5.74) is 3.19. The summed E-state index contributed by atoms with van der Waals surface area (Å²) in [4.78, 5) is 0. The van der Waals surface area contributed by atoms with Gasteiger partial charge in [-0.1, -0.05) is 6.92 Å². The zero-order valence-corrected chi connectivity index (χ0v) is 8.30. The van der Waals surface area contributed by atoms with Crippen molar-refractivity contribution < 1.29 is 14.3 Å². The second kappa shape index (κ2) is 4.93. The van der Waals surface area contributed by atoms with Crippen molar-refractivity contribution in [3.8, 4) is 5.75 Å². The minimum absolute atomic E-state index is 0.206. The number of halogens is 1. The van der Waals surface area contributed by atoms with Crippen LogP contribution in [-0.2, 0) is 13.0 Å². The highest BCUT2D eigenvalue weighted by Crippen LogP contribution is 2.24. The molecule has 0 atom stereocenters. The van der Waals surface area contributed by atoms with Crippen molar-refractivity contribution in [2.45, 2.75) is 19.9 Å². The predicted octanol–water partition coefficient (Wildman–Crippen LogP) is 1.88. The lowest BCUT2D eigenvalue weighted by atomic mass is 10.1. The van der Waals surface area contributed by atoms with Crippen LogP contribution in [0.3, 0.4) is 0 Å².